The van der Waals surface area contributed by atoms with Crippen molar-refractivity contribution in [3.05, 3.63) is 35.4 Å². The molecule has 1 aromatic rings. The molecule has 1 unspecified atom stereocenters. The molecule has 3 amide bonds. The van der Waals surface area contributed by atoms with E-state index in [9.17, 15) is 19.5 Å². The van der Waals surface area contributed by atoms with Crippen molar-refractivity contribution in [2.75, 3.05) is 26.2 Å². The minimum Gasteiger partial charge on any atom is -0.384 e. The minimum atomic E-state index is -1.12. The Morgan fingerprint density at radius 1 is 1.32 bits per heavy atom. The second-order valence-corrected chi connectivity index (χ2v) is 8.81. The molecule has 3 N–H and O–H groups in total. The highest BCUT2D eigenvalue weighted by atomic mass is 16.3. The molecule has 28 heavy (non-hydrogen) atoms. The molecule has 1 atom stereocenters. The van der Waals surface area contributed by atoms with Gasteiger partial charge in [-0.3, -0.25) is 14.4 Å². The van der Waals surface area contributed by atoms with Crippen LogP contribution < -0.4 is 10.6 Å². The molecule has 2 aliphatic heterocycles. The fourth-order valence-electron chi connectivity index (χ4n) is 4.16. The van der Waals surface area contributed by atoms with Gasteiger partial charge < -0.3 is 20.6 Å². The van der Waals surface area contributed by atoms with Gasteiger partial charge in [-0.05, 0) is 42.9 Å². The van der Waals surface area contributed by atoms with Crippen LogP contribution in [0, 0.1) is 5.41 Å². The number of carbonyl (C=O) groups excluding carboxylic acids is 3. The Morgan fingerprint density at radius 2 is 2.07 bits per heavy atom. The van der Waals surface area contributed by atoms with Crippen LogP contribution in [0.25, 0.3) is 0 Å². The lowest BCUT2D eigenvalue weighted by Gasteiger charge is -2.49. The number of hydrogen-bond donors (Lipinski definition) is 3. The van der Waals surface area contributed by atoms with Crippen LogP contribution in [0.4, 0.5) is 0 Å². The fraction of sp³-hybridized carbons (Fsp3) is 0.571. The molecule has 4 rings (SSSR count). The molecule has 0 spiro atoms. The van der Waals surface area contributed by atoms with Crippen LogP contribution in [0.5, 0.6) is 0 Å². The van der Waals surface area contributed by atoms with Crippen LogP contribution in [-0.4, -0.2) is 59.5 Å². The number of nitrogens with zero attached hydrogens (tertiary/aromatic N) is 1. The third-order valence-electron chi connectivity index (χ3n) is 6.10. The maximum absolute atomic E-state index is 12.7. The van der Waals surface area contributed by atoms with Crippen LogP contribution >= 0.6 is 0 Å². The quantitative estimate of drug-likeness (QED) is 0.698. The molecule has 2 heterocycles. The molecule has 7 nitrogen and oxygen atoms in total. The number of hydrogen-bond acceptors (Lipinski definition) is 4. The van der Waals surface area contributed by atoms with Crippen molar-refractivity contribution in [3.63, 3.8) is 0 Å². The number of benzene rings is 1. The van der Waals surface area contributed by atoms with E-state index >= 15 is 0 Å². The number of rotatable bonds is 5. The predicted octanol–water partition coefficient (Wildman–Crippen LogP) is 0.783. The summed E-state index contributed by atoms with van der Waals surface area (Å²) < 4.78 is 0. The molecular weight excluding hydrogens is 358 g/mol. The Bertz CT molecular complexity index is 814. The Hall–Kier alpha value is -2.41. The number of likely N-dealkylation sites (tertiary alicyclic amines) is 1. The first-order valence-electron chi connectivity index (χ1n) is 9.95. The van der Waals surface area contributed by atoms with E-state index in [-0.39, 0.29) is 43.8 Å². The standard InChI is InChI=1S/C21H27N3O4/c1-20(7-8-22-17(25)10-20)19(27)24-12-21(28,13-24)11-23-18(26)16-4-2-3-15(9-16)14-5-6-14/h2-4,9,14,28H,5-8,10-13H2,1H3,(H,22,25)(H,23,26). The summed E-state index contributed by atoms with van der Waals surface area (Å²) in [6.07, 6.45) is 3.12. The molecule has 0 aromatic heterocycles. The number of carbonyl (C=O) groups is 3. The van der Waals surface area contributed by atoms with E-state index in [1.54, 1.807) is 17.9 Å². The van der Waals surface area contributed by atoms with Crippen molar-refractivity contribution in [1.82, 2.24) is 15.5 Å². The van der Waals surface area contributed by atoms with Gasteiger partial charge in [0.2, 0.25) is 11.8 Å². The topological polar surface area (TPSA) is 98.7 Å². The van der Waals surface area contributed by atoms with Crippen LogP contribution in [0.3, 0.4) is 0 Å². The zero-order valence-corrected chi connectivity index (χ0v) is 16.2. The highest BCUT2D eigenvalue weighted by molar-refractivity contribution is 5.94. The second-order valence-electron chi connectivity index (χ2n) is 8.81. The molecule has 3 fully saturated rings. The van der Waals surface area contributed by atoms with Crippen LogP contribution in [0.1, 0.15) is 54.4 Å². The van der Waals surface area contributed by atoms with E-state index < -0.39 is 11.0 Å². The maximum atomic E-state index is 12.7. The summed E-state index contributed by atoms with van der Waals surface area (Å²) in [6, 6.07) is 7.63. The summed E-state index contributed by atoms with van der Waals surface area (Å²) in [5.41, 5.74) is -0.0411. The van der Waals surface area contributed by atoms with Crippen molar-refractivity contribution < 1.29 is 19.5 Å². The van der Waals surface area contributed by atoms with Gasteiger partial charge in [0.1, 0.15) is 5.60 Å². The third kappa shape index (κ3) is 3.76. The molecular formula is C21H27N3O4. The largest absolute Gasteiger partial charge is 0.384 e. The van der Waals surface area contributed by atoms with Gasteiger partial charge in [0, 0.05) is 18.5 Å². The number of aliphatic hydroxyl groups is 1. The summed E-state index contributed by atoms with van der Waals surface area (Å²) in [5, 5.41) is 16.2. The highest BCUT2D eigenvalue weighted by Crippen LogP contribution is 2.40. The molecule has 1 saturated carbocycles. The average molecular weight is 385 g/mol. The Morgan fingerprint density at radius 3 is 2.75 bits per heavy atom. The van der Waals surface area contributed by atoms with E-state index in [0.29, 0.717) is 24.4 Å². The number of nitrogens with one attached hydrogen (secondary N) is 2. The number of β-amino-alcohol motifs (C(OH)–C–C–N with tert-alkyl or cyclic N) is 1. The summed E-state index contributed by atoms with van der Waals surface area (Å²) in [7, 11) is 0. The van der Waals surface area contributed by atoms with Gasteiger partial charge in [-0.15, -0.1) is 0 Å². The van der Waals surface area contributed by atoms with E-state index in [0.717, 1.165) is 0 Å². The van der Waals surface area contributed by atoms with Crippen molar-refractivity contribution in [2.24, 2.45) is 5.41 Å². The third-order valence-corrected chi connectivity index (χ3v) is 6.10. The van der Waals surface area contributed by atoms with Crippen molar-refractivity contribution in [3.8, 4) is 0 Å². The number of amides is 3. The molecule has 150 valence electrons. The van der Waals surface area contributed by atoms with Crippen molar-refractivity contribution in [2.45, 2.75) is 44.1 Å². The summed E-state index contributed by atoms with van der Waals surface area (Å²) in [4.78, 5) is 38.4. The zero-order chi connectivity index (χ0) is 19.9. The van der Waals surface area contributed by atoms with Gasteiger partial charge in [-0.1, -0.05) is 19.1 Å². The first kappa shape index (κ1) is 18.9. The lowest BCUT2D eigenvalue weighted by Crippen LogP contribution is -2.69. The first-order valence-corrected chi connectivity index (χ1v) is 9.95. The molecule has 2 saturated heterocycles. The van der Waals surface area contributed by atoms with Crippen molar-refractivity contribution in [1.29, 1.82) is 0 Å². The fourth-order valence-corrected chi connectivity index (χ4v) is 4.16. The molecule has 1 aliphatic carbocycles. The molecule has 0 bridgehead atoms. The maximum Gasteiger partial charge on any atom is 0.251 e. The van der Waals surface area contributed by atoms with Gasteiger partial charge in [0.15, 0.2) is 0 Å². The van der Waals surface area contributed by atoms with Crippen molar-refractivity contribution >= 4 is 17.7 Å². The SMILES string of the molecule is CC1(C(=O)N2CC(O)(CNC(=O)c3cccc(C4CC4)c3)C2)CCNC(=O)C1. The lowest BCUT2D eigenvalue weighted by molar-refractivity contribution is -0.166. The van der Waals surface area contributed by atoms with Gasteiger partial charge in [-0.2, -0.15) is 0 Å². The minimum absolute atomic E-state index is 0.0977. The molecule has 3 aliphatic rings. The lowest BCUT2D eigenvalue weighted by atomic mass is 9.77. The van der Waals surface area contributed by atoms with Gasteiger partial charge in [-0.25, -0.2) is 0 Å². The highest BCUT2D eigenvalue weighted by Gasteiger charge is 2.49. The summed E-state index contributed by atoms with van der Waals surface area (Å²) in [5.74, 6) is 0.150. The summed E-state index contributed by atoms with van der Waals surface area (Å²) >= 11 is 0. The van der Waals surface area contributed by atoms with E-state index in [1.807, 2.05) is 18.2 Å². The van der Waals surface area contributed by atoms with E-state index in [2.05, 4.69) is 10.6 Å². The second kappa shape index (κ2) is 6.88. The molecule has 0 radical (unpaired) electrons. The predicted molar refractivity (Wildman–Crippen MR) is 103 cm³/mol. The van der Waals surface area contributed by atoms with E-state index in [4.69, 9.17) is 0 Å². The molecule has 7 heteroatoms. The number of piperidine rings is 1. The van der Waals surface area contributed by atoms with E-state index in [1.165, 1.54) is 18.4 Å². The van der Waals surface area contributed by atoms with Crippen LogP contribution in [-0.2, 0) is 9.59 Å². The normalized spacial score (nSPS) is 26.2. The summed E-state index contributed by atoms with van der Waals surface area (Å²) in [6.45, 7) is 2.74. The van der Waals surface area contributed by atoms with Gasteiger partial charge in [0.05, 0.1) is 25.0 Å². The van der Waals surface area contributed by atoms with Crippen LogP contribution in [0.15, 0.2) is 24.3 Å². The monoisotopic (exact) mass is 385 g/mol. The average Bonchev–Trinajstić information content (AvgIpc) is 3.48. The molecule has 1 aromatic carbocycles. The Labute approximate surface area is 164 Å². The Balaban J connectivity index is 1.29. The van der Waals surface area contributed by atoms with Gasteiger partial charge >= 0.3 is 0 Å². The van der Waals surface area contributed by atoms with Crippen LogP contribution in [0.2, 0.25) is 0 Å². The van der Waals surface area contributed by atoms with Gasteiger partial charge in [0.25, 0.3) is 5.91 Å². The smallest absolute Gasteiger partial charge is 0.251 e. The Kier molecular flexibility index (Phi) is 4.65. The zero-order valence-electron chi connectivity index (χ0n) is 16.2. The first-order chi connectivity index (χ1) is 13.3.